The molecule has 120 valence electrons. The maximum atomic E-state index is 13.7. The molecule has 0 aromatic heterocycles. The van der Waals surface area contributed by atoms with Crippen LogP contribution in [0.4, 0.5) is 4.39 Å². The number of carbonyl (C=O) groups excluding carboxylic acids is 1. The summed E-state index contributed by atoms with van der Waals surface area (Å²) in [6.45, 7) is 0. The number of benzene rings is 3. The largest absolute Gasteiger partial charge is 0.289 e. The third-order valence-electron chi connectivity index (χ3n) is 3.62. The Labute approximate surface area is 146 Å². The van der Waals surface area contributed by atoms with Gasteiger partial charge in [0.2, 0.25) is 0 Å². The van der Waals surface area contributed by atoms with E-state index in [-0.39, 0.29) is 11.6 Å². The molecule has 25 heavy (non-hydrogen) atoms. The summed E-state index contributed by atoms with van der Waals surface area (Å²) in [6.07, 6.45) is 3.29. The lowest BCUT2D eigenvalue weighted by molar-refractivity contribution is 0.104. The fraction of sp³-hybridized carbons (Fsp3) is 0. The first-order valence-corrected chi connectivity index (χ1v) is 7.87. The normalized spacial score (nSPS) is 10.3. The van der Waals surface area contributed by atoms with Gasteiger partial charge in [-0.15, -0.1) is 0 Å². The average Bonchev–Trinajstić information content (AvgIpc) is 2.66. The third-order valence-corrected chi connectivity index (χ3v) is 3.62. The molecule has 2 heteroatoms. The van der Waals surface area contributed by atoms with E-state index in [4.69, 9.17) is 0 Å². The molecular weight excluding hydrogens is 311 g/mol. The van der Waals surface area contributed by atoms with Crippen LogP contribution in [0.25, 0.3) is 6.08 Å². The second-order valence-corrected chi connectivity index (χ2v) is 5.38. The number of allylic oxidation sites excluding steroid dienone is 1. The van der Waals surface area contributed by atoms with Gasteiger partial charge >= 0.3 is 0 Å². The van der Waals surface area contributed by atoms with E-state index in [0.717, 1.165) is 5.56 Å². The zero-order valence-electron chi connectivity index (χ0n) is 13.4. The van der Waals surface area contributed by atoms with E-state index in [2.05, 4.69) is 11.8 Å². The molecule has 0 aliphatic heterocycles. The van der Waals surface area contributed by atoms with Crippen molar-refractivity contribution in [1.82, 2.24) is 0 Å². The summed E-state index contributed by atoms with van der Waals surface area (Å²) in [5, 5.41) is 0. The molecule has 0 fully saturated rings. The summed E-state index contributed by atoms with van der Waals surface area (Å²) in [4.78, 5) is 12.5. The molecule has 0 saturated carbocycles. The highest BCUT2D eigenvalue weighted by Gasteiger charge is 2.06. The summed E-state index contributed by atoms with van der Waals surface area (Å²) < 4.78 is 13.7. The molecule has 3 aromatic rings. The number of hydrogen-bond acceptors (Lipinski definition) is 1. The Kier molecular flexibility index (Phi) is 5.19. The zero-order chi connectivity index (χ0) is 17.5. The maximum absolute atomic E-state index is 13.7. The number of carbonyl (C=O) groups is 1. The van der Waals surface area contributed by atoms with E-state index in [9.17, 15) is 9.18 Å². The Morgan fingerprint density at radius 2 is 1.36 bits per heavy atom. The molecule has 0 amide bonds. The predicted octanol–water partition coefficient (Wildman–Crippen LogP) is 5.12. The lowest BCUT2D eigenvalue weighted by Crippen LogP contribution is -1.98. The molecule has 0 aliphatic carbocycles. The van der Waals surface area contributed by atoms with Crippen molar-refractivity contribution in [3.8, 4) is 11.8 Å². The monoisotopic (exact) mass is 326 g/mol. The predicted molar refractivity (Wildman–Crippen MR) is 98.6 cm³/mol. The lowest BCUT2D eigenvalue weighted by Gasteiger charge is -2.00. The minimum Gasteiger partial charge on any atom is -0.289 e. The molecule has 0 N–H and O–H groups in total. The van der Waals surface area contributed by atoms with Gasteiger partial charge in [0.05, 0.1) is 5.56 Å². The first-order valence-electron chi connectivity index (χ1n) is 7.87. The Morgan fingerprint density at radius 3 is 2.12 bits per heavy atom. The van der Waals surface area contributed by atoms with Gasteiger partial charge in [-0.1, -0.05) is 72.5 Å². The molecule has 0 spiro atoms. The molecule has 1 nitrogen and oxygen atoms in total. The second kappa shape index (κ2) is 7.90. The molecule has 0 unspecified atom stereocenters. The highest BCUT2D eigenvalue weighted by atomic mass is 19.1. The lowest BCUT2D eigenvalue weighted by atomic mass is 10.0. The molecule has 0 aliphatic rings. The number of rotatable bonds is 3. The Hall–Kier alpha value is -3.44. The minimum atomic E-state index is -0.372. The van der Waals surface area contributed by atoms with Crippen molar-refractivity contribution >= 4 is 11.9 Å². The van der Waals surface area contributed by atoms with Gasteiger partial charge in [-0.05, 0) is 35.9 Å². The van der Waals surface area contributed by atoms with Crippen molar-refractivity contribution in [2.24, 2.45) is 0 Å². The fourth-order valence-corrected chi connectivity index (χ4v) is 2.33. The molecule has 0 bridgehead atoms. The topological polar surface area (TPSA) is 17.1 Å². The number of halogens is 1. The zero-order valence-corrected chi connectivity index (χ0v) is 13.4. The standard InChI is InChI=1S/C23H15FO/c24-22-13-7-5-11-20(22)16-15-19-10-4-6-12-21(19)23(25)17-14-18-8-2-1-3-9-18/h1-14,17H/b17-14+. The van der Waals surface area contributed by atoms with Crippen LogP contribution in [0.2, 0.25) is 0 Å². The van der Waals surface area contributed by atoms with Crippen molar-refractivity contribution in [1.29, 1.82) is 0 Å². The van der Waals surface area contributed by atoms with Crippen LogP contribution in [0.5, 0.6) is 0 Å². The first-order chi connectivity index (χ1) is 12.2. The SMILES string of the molecule is O=C(/C=C/c1ccccc1)c1ccccc1C#Cc1ccccc1F. The molecular formula is C23H15FO. The van der Waals surface area contributed by atoms with Crippen LogP contribution in [0.15, 0.2) is 84.9 Å². The molecule has 3 rings (SSSR count). The Morgan fingerprint density at radius 1 is 0.760 bits per heavy atom. The fourth-order valence-electron chi connectivity index (χ4n) is 2.33. The van der Waals surface area contributed by atoms with Gasteiger partial charge in [0, 0.05) is 11.1 Å². The summed E-state index contributed by atoms with van der Waals surface area (Å²) in [7, 11) is 0. The van der Waals surface area contributed by atoms with Crippen LogP contribution in [-0.2, 0) is 0 Å². The van der Waals surface area contributed by atoms with Crippen molar-refractivity contribution in [3.05, 3.63) is 113 Å². The van der Waals surface area contributed by atoms with E-state index < -0.39 is 0 Å². The average molecular weight is 326 g/mol. The molecule has 0 atom stereocenters. The van der Waals surface area contributed by atoms with Crippen molar-refractivity contribution in [2.45, 2.75) is 0 Å². The second-order valence-electron chi connectivity index (χ2n) is 5.38. The summed E-state index contributed by atoms with van der Waals surface area (Å²) in [6, 6.07) is 23.0. The molecule has 3 aromatic carbocycles. The van der Waals surface area contributed by atoms with Gasteiger partial charge in [-0.25, -0.2) is 4.39 Å². The van der Waals surface area contributed by atoms with Crippen LogP contribution < -0.4 is 0 Å². The van der Waals surface area contributed by atoms with Crippen molar-refractivity contribution in [3.63, 3.8) is 0 Å². The quantitative estimate of drug-likeness (QED) is 0.371. The summed E-state index contributed by atoms with van der Waals surface area (Å²) >= 11 is 0. The van der Waals surface area contributed by atoms with E-state index in [1.54, 1.807) is 42.5 Å². The molecule has 0 radical (unpaired) electrons. The Bertz CT molecular complexity index is 975. The van der Waals surface area contributed by atoms with Gasteiger partial charge in [0.1, 0.15) is 5.82 Å². The van der Waals surface area contributed by atoms with Crippen molar-refractivity contribution < 1.29 is 9.18 Å². The first kappa shape index (κ1) is 16.4. The van der Waals surface area contributed by atoms with Crippen LogP contribution in [-0.4, -0.2) is 5.78 Å². The van der Waals surface area contributed by atoms with Gasteiger partial charge < -0.3 is 0 Å². The molecule has 0 saturated heterocycles. The summed E-state index contributed by atoms with van der Waals surface area (Å²) in [5.41, 5.74) is 2.34. The van der Waals surface area contributed by atoms with Gasteiger partial charge in [-0.2, -0.15) is 0 Å². The summed E-state index contributed by atoms with van der Waals surface area (Å²) in [5.74, 6) is 5.19. The van der Waals surface area contributed by atoms with Crippen LogP contribution in [0.3, 0.4) is 0 Å². The smallest absolute Gasteiger partial charge is 0.187 e. The van der Waals surface area contributed by atoms with E-state index >= 15 is 0 Å². The third kappa shape index (κ3) is 4.31. The van der Waals surface area contributed by atoms with Gasteiger partial charge in [0.25, 0.3) is 0 Å². The van der Waals surface area contributed by atoms with E-state index in [1.165, 1.54) is 12.1 Å². The van der Waals surface area contributed by atoms with Crippen LogP contribution >= 0.6 is 0 Å². The highest BCUT2D eigenvalue weighted by molar-refractivity contribution is 6.08. The maximum Gasteiger partial charge on any atom is 0.187 e. The van der Waals surface area contributed by atoms with Crippen LogP contribution in [0.1, 0.15) is 27.0 Å². The van der Waals surface area contributed by atoms with Gasteiger partial charge in [0.15, 0.2) is 5.78 Å². The highest BCUT2D eigenvalue weighted by Crippen LogP contribution is 2.12. The number of ketones is 1. The molecule has 0 heterocycles. The number of hydrogen-bond donors (Lipinski definition) is 0. The van der Waals surface area contributed by atoms with Crippen molar-refractivity contribution in [2.75, 3.05) is 0 Å². The minimum absolute atomic E-state index is 0.137. The van der Waals surface area contributed by atoms with E-state index in [0.29, 0.717) is 16.7 Å². The van der Waals surface area contributed by atoms with Crippen LogP contribution in [0, 0.1) is 17.7 Å². The Balaban J connectivity index is 1.88. The van der Waals surface area contributed by atoms with E-state index in [1.807, 2.05) is 36.4 Å². The van der Waals surface area contributed by atoms with Gasteiger partial charge in [-0.3, -0.25) is 4.79 Å².